The minimum Gasteiger partial charge on any atom is -0.192 e. The fourth-order valence-electron chi connectivity index (χ4n) is 5.87. The Balaban J connectivity index is 1.43. The van der Waals surface area contributed by atoms with Gasteiger partial charge in [-0.2, -0.15) is 21.0 Å². The average Bonchev–Trinajstić information content (AvgIpc) is 3.54. The van der Waals surface area contributed by atoms with E-state index in [4.69, 9.17) is 0 Å². The van der Waals surface area contributed by atoms with Gasteiger partial charge in [0.05, 0.1) is 0 Å². The van der Waals surface area contributed by atoms with Crippen LogP contribution in [0.25, 0.3) is 33.4 Å². The number of allylic oxidation sites excluding steroid dienone is 2. The molecule has 0 saturated carbocycles. The standard InChI is InChI=1S/C38H18N4S2/c39-19-23(20-40)37-33-15-27(43-25-7-3-1-4-8-25)11-13-29(33)31-17-32-30-14-12-28(44-26-9-5-2-6-10-26)16-34(30)38(24(21-41)22-42)36(32)18-35(31)37/h1-18H. The number of nitrogens with zero attached hydrogens (tertiary/aromatic N) is 4. The molecule has 0 atom stereocenters. The summed E-state index contributed by atoms with van der Waals surface area (Å²) in [7, 11) is 0. The third-order valence-corrected chi connectivity index (χ3v) is 9.70. The number of fused-ring (bicyclic) bond motifs is 6. The zero-order valence-electron chi connectivity index (χ0n) is 23.0. The quantitative estimate of drug-likeness (QED) is 0.188. The predicted octanol–water partition coefficient (Wildman–Crippen LogP) is 9.65. The summed E-state index contributed by atoms with van der Waals surface area (Å²) in [5, 5.41) is 40.0. The van der Waals surface area contributed by atoms with Gasteiger partial charge in [-0.1, -0.05) is 72.1 Å². The first-order valence-electron chi connectivity index (χ1n) is 13.7. The molecule has 44 heavy (non-hydrogen) atoms. The van der Waals surface area contributed by atoms with E-state index in [1.54, 1.807) is 23.5 Å². The zero-order chi connectivity index (χ0) is 30.2. The Bertz CT molecular complexity index is 2070. The van der Waals surface area contributed by atoms with Crippen LogP contribution in [0.15, 0.2) is 140 Å². The molecule has 6 heteroatoms. The third-order valence-electron chi connectivity index (χ3n) is 7.70. The monoisotopic (exact) mass is 594 g/mol. The lowest BCUT2D eigenvalue weighted by Gasteiger charge is -2.08. The maximum atomic E-state index is 10.0. The van der Waals surface area contributed by atoms with Gasteiger partial charge in [-0.15, -0.1) is 0 Å². The van der Waals surface area contributed by atoms with E-state index in [1.165, 1.54) is 0 Å². The molecule has 0 unspecified atom stereocenters. The van der Waals surface area contributed by atoms with Crippen molar-refractivity contribution in [3.8, 4) is 46.5 Å². The van der Waals surface area contributed by atoms with Gasteiger partial charge in [-0.25, -0.2) is 0 Å². The van der Waals surface area contributed by atoms with Gasteiger partial charge in [0.15, 0.2) is 0 Å². The van der Waals surface area contributed by atoms with Crippen molar-refractivity contribution in [3.05, 3.63) is 143 Å². The van der Waals surface area contributed by atoms with Gasteiger partial charge >= 0.3 is 0 Å². The maximum absolute atomic E-state index is 10.0. The zero-order valence-corrected chi connectivity index (χ0v) is 24.6. The van der Waals surface area contributed by atoms with E-state index >= 15 is 0 Å². The number of hydrogen-bond acceptors (Lipinski definition) is 6. The molecular weight excluding hydrogens is 577 g/mol. The average molecular weight is 595 g/mol. The van der Waals surface area contributed by atoms with E-state index in [9.17, 15) is 21.0 Å². The molecule has 0 aliphatic heterocycles. The van der Waals surface area contributed by atoms with Gasteiger partial charge in [0.1, 0.15) is 35.4 Å². The van der Waals surface area contributed by atoms with Crippen LogP contribution in [0.2, 0.25) is 0 Å². The molecule has 5 aromatic carbocycles. The first kappa shape index (κ1) is 27.1. The molecule has 0 heterocycles. The van der Waals surface area contributed by atoms with Crippen LogP contribution >= 0.6 is 23.5 Å². The summed E-state index contributed by atoms with van der Waals surface area (Å²) in [4.78, 5) is 4.16. The summed E-state index contributed by atoms with van der Waals surface area (Å²) in [6.45, 7) is 0. The molecule has 0 amide bonds. The Morgan fingerprint density at radius 1 is 0.364 bits per heavy atom. The van der Waals surface area contributed by atoms with E-state index in [2.05, 4.69) is 42.5 Å². The van der Waals surface area contributed by atoms with E-state index < -0.39 is 0 Å². The number of hydrogen-bond donors (Lipinski definition) is 0. The second-order valence-corrected chi connectivity index (χ2v) is 12.4. The van der Waals surface area contributed by atoms with Crippen molar-refractivity contribution in [1.82, 2.24) is 0 Å². The molecule has 202 valence electrons. The maximum Gasteiger partial charge on any atom is 0.138 e. The molecular formula is C38H18N4S2. The SMILES string of the molecule is N#CC(C#N)=C1c2cc(Sc3ccccc3)ccc2-c2cc3c(cc21)C(=C(C#N)C#N)c1cc(Sc2ccccc2)ccc1-3. The van der Waals surface area contributed by atoms with E-state index in [0.29, 0.717) is 11.1 Å². The Labute approximate surface area is 263 Å². The molecule has 0 fully saturated rings. The molecule has 0 radical (unpaired) electrons. The van der Waals surface area contributed by atoms with Crippen LogP contribution < -0.4 is 0 Å². The van der Waals surface area contributed by atoms with E-state index in [-0.39, 0.29) is 11.1 Å². The van der Waals surface area contributed by atoms with Crippen LogP contribution in [0.5, 0.6) is 0 Å². The van der Waals surface area contributed by atoms with Gasteiger partial charge in [-0.3, -0.25) is 0 Å². The van der Waals surface area contributed by atoms with Crippen molar-refractivity contribution >= 4 is 34.7 Å². The molecule has 0 N–H and O–H groups in total. The van der Waals surface area contributed by atoms with Crippen LogP contribution in [-0.2, 0) is 0 Å². The minimum atomic E-state index is 0.0233. The molecule has 4 nitrogen and oxygen atoms in total. The fraction of sp³-hybridized carbons (Fsp3) is 0. The molecule has 5 aromatic rings. The van der Waals surface area contributed by atoms with E-state index in [0.717, 1.165) is 64.1 Å². The highest BCUT2D eigenvalue weighted by molar-refractivity contribution is 7.99. The molecule has 2 aliphatic carbocycles. The second-order valence-electron chi connectivity index (χ2n) is 10.1. The number of benzene rings is 5. The molecule has 0 aromatic heterocycles. The van der Waals surface area contributed by atoms with Crippen molar-refractivity contribution in [2.75, 3.05) is 0 Å². The Morgan fingerprint density at radius 2 is 0.727 bits per heavy atom. The first-order chi connectivity index (χ1) is 21.6. The molecule has 0 bridgehead atoms. The Kier molecular flexibility index (Phi) is 6.86. The molecule has 0 spiro atoms. The number of rotatable bonds is 4. The van der Waals surface area contributed by atoms with Gasteiger partial charge < -0.3 is 0 Å². The largest absolute Gasteiger partial charge is 0.192 e. The summed E-state index contributed by atoms with van der Waals surface area (Å²) in [5.74, 6) is 0. The van der Waals surface area contributed by atoms with Crippen molar-refractivity contribution in [2.24, 2.45) is 0 Å². The lowest BCUT2D eigenvalue weighted by molar-refractivity contribution is 1.39. The van der Waals surface area contributed by atoms with Gasteiger partial charge in [0.25, 0.3) is 0 Å². The topological polar surface area (TPSA) is 95.2 Å². The predicted molar refractivity (Wildman–Crippen MR) is 173 cm³/mol. The second kappa shape index (κ2) is 11.1. The summed E-state index contributed by atoms with van der Waals surface area (Å²) >= 11 is 3.23. The van der Waals surface area contributed by atoms with E-state index in [1.807, 2.05) is 91.0 Å². The first-order valence-corrected chi connectivity index (χ1v) is 15.3. The van der Waals surface area contributed by atoms with Gasteiger partial charge in [0, 0.05) is 30.7 Å². The Hall–Kier alpha value is -5.76. The lowest BCUT2D eigenvalue weighted by Crippen LogP contribution is -1.92. The van der Waals surface area contributed by atoms with Crippen LogP contribution in [0, 0.1) is 45.3 Å². The van der Waals surface area contributed by atoms with Crippen molar-refractivity contribution in [2.45, 2.75) is 19.6 Å². The van der Waals surface area contributed by atoms with Crippen molar-refractivity contribution in [1.29, 1.82) is 21.0 Å². The van der Waals surface area contributed by atoms with Gasteiger partial charge in [0.2, 0.25) is 0 Å². The fourth-order valence-corrected chi connectivity index (χ4v) is 7.62. The highest BCUT2D eigenvalue weighted by atomic mass is 32.2. The normalized spacial score (nSPS) is 11.6. The number of nitriles is 4. The Morgan fingerprint density at radius 3 is 1.11 bits per heavy atom. The summed E-state index contributed by atoms with van der Waals surface area (Å²) in [5.41, 5.74) is 8.04. The summed E-state index contributed by atoms with van der Waals surface area (Å²) in [6.07, 6.45) is 0. The van der Waals surface area contributed by atoms with Crippen molar-refractivity contribution < 1.29 is 0 Å². The highest BCUT2D eigenvalue weighted by Crippen LogP contribution is 2.54. The summed E-state index contributed by atoms with van der Waals surface area (Å²) in [6, 6.07) is 44.8. The van der Waals surface area contributed by atoms with Crippen molar-refractivity contribution in [3.63, 3.8) is 0 Å². The van der Waals surface area contributed by atoms with Crippen LogP contribution in [-0.4, -0.2) is 0 Å². The van der Waals surface area contributed by atoms with Gasteiger partial charge in [-0.05, 0) is 105 Å². The smallest absolute Gasteiger partial charge is 0.138 e. The summed E-state index contributed by atoms with van der Waals surface area (Å²) < 4.78 is 0. The molecule has 7 rings (SSSR count). The molecule has 0 saturated heterocycles. The van der Waals surface area contributed by atoms with Crippen LogP contribution in [0.3, 0.4) is 0 Å². The third kappa shape index (κ3) is 4.48. The lowest BCUT2D eigenvalue weighted by atomic mass is 9.93. The van der Waals surface area contributed by atoms with Crippen LogP contribution in [0.4, 0.5) is 0 Å². The molecule has 2 aliphatic rings. The minimum absolute atomic E-state index is 0.0233. The van der Waals surface area contributed by atoms with Crippen LogP contribution in [0.1, 0.15) is 22.3 Å². The highest BCUT2D eigenvalue weighted by Gasteiger charge is 2.34.